The second kappa shape index (κ2) is 3.04. The van der Waals surface area contributed by atoms with Gasteiger partial charge >= 0.3 is 5.63 Å². The van der Waals surface area contributed by atoms with Crippen LogP contribution in [0.5, 0.6) is 0 Å². The summed E-state index contributed by atoms with van der Waals surface area (Å²) in [6, 6.07) is 1.74. The summed E-state index contributed by atoms with van der Waals surface area (Å²) < 4.78 is 5.28. The molecule has 1 heterocycles. The molecule has 1 saturated carbocycles. The highest BCUT2D eigenvalue weighted by atomic mass is 16.4. The van der Waals surface area contributed by atoms with E-state index in [1.54, 1.807) is 6.07 Å². The molecule has 2 atom stereocenters. The Morgan fingerprint density at radius 1 is 1.29 bits per heavy atom. The second-order valence-electron chi connectivity index (χ2n) is 6.88. The van der Waals surface area contributed by atoms with Crippen LogP contribution in [0.3, 0.4) is 0 Å². The van der Waals surface area contributed by atoms with E-state index in [0.717, 1.165) is 18.1 Å². The average Bonchev–Trinajstić information content (AvgIpc) is 2.81. The lowest BCUT2D eigenvalue weighted by atomic mass is 9.81. The SMILES string of the molecule is Cc1oc(=O)cc2c1CC(C)(C)C[C@H]1C[C@@]21C. The van der Waals surface area contributed by atoms with E-state index in [4.69, 9.17) is 4.42 Å². The van der Waals surface area contributed by atoms with Gasteiger partial charge in [-0.3, -0.25) is 0 Å². The Morgan fingerprint density at radius 2 is 2.00 bits per heavy atom. The van der Waals surface area contributed by atoms with Gasteiger partial charge in [-0.15, -0.1) is 0 Å². The molecule has 2 aliphatic carbocycles. The molecule has 0 aliphatic heterocycles. The molecule has 92 valence electrons. The normalized spacial score (nSPS) is 33.5. The van der Waals surface area contributed by atoms with E-state index in [-0.39, 0.29) is 11.0 Å². The fourth-order valence-electron chi connectivity index (χ4n) is 3.66. The molecule has 1 aromatic heterocycles. The Kier molecular flexibility index (Phi) is 1.98. The maximum absolute atomic E-state index is 11.6. The Balaban J connectivity index is 2.24. The van der Waals surface area contributed by atoms with Crippen LogP contribution in [0.15, 0.2) is 15.3 Å². The number of fused-ring (bicyclic) bond motifs is 3. The van der Waals surface area contributed by atoms with Gasteiger partial charge in [-0.1, -0.05) is 20.8 Å². The summed E-state index contributed by atoms with van der Waals surface area (Å²) in [5.41, 5.74) is 2.93. The molecule has 0 spiro atoms. The third-order valence-corrected chi connectivity index (χ3v) is 4.75. The molecule has 17 heavy (non-hydrogen) atoms. The van der Waals surface area contributed by atoms with Crippen molar-refractivity contribution >= 4 is 0 Å². The topological polar surface area (TPSA) is 30.2 Å². The van der Waals surface area contributed by atoms with Gasteiger partial charge in [-0.2, -0.15) is 0 Å². The Morgan fingerprint density at radius 3 is 2.71 bits per heavy atom. The first kappa shape index (κ1) is 11.1. The van der Waals surface area contributed by atoms with Crippen LogP contribution in [0.2, 0.25) is 0 Å². The molecule has 2 heteroatoms. The highest BCUT2D eigenvalue weighted by molar-refractivity contribution is 5.42. The van der Waals surface area contributed by atoms with Crippen molar-refractivity contribution in [2.45, 2.75) is 52.4 Å². The molecule has 1 fully saturated rings. The lowest BCUT2D eigenvalue weighted by Gasteiger charge is -2.24. The van der Waals surface area contributed by atoms with Crippen LogP contribution in [-0.4, -0.2) is 0 Å². The minimum absolute atomic E-state index is 0.187. The van der Waals surface area contributed by atoms with E-state index in [2.05, 4.69) is 20.8 Å². The fourth-order valence-corrected chi connectivity index (χ4v) is 3.66. The molecule has 0 N–H and O–H groups in total. The Bertz CT molecular complexity index is 538. The maximum atomic E-state index is 11.6. The first-order valence-electron chi connectivity index (χ1n) is 6.46. The van der Waals surface area contributed by atoms with Crippen LogP contribution in [-0.2, 0) is 11.8 Å². The molecule has 2 nitrogen and oxygen atoms in total. The quantitative estimate of drug-likeness (QED) is 0.687. The molecular formula is C15H20O2. The molecule has 2 aliphatic rings. The number of aryl methyl sites for hydroxylation is 1. The molecular weight excluding hydrogens is 212 g/mol. The zero-order chi connectivity index (χ0) is 12.4. The summed E-state index contributed by atoms with van der Waals surface area (Å²) in [7, 11) is 0. The summed E-state index contributed by atoms with van der Waals surface area (Å²) >= 11 is 0. The minimum atomic E-state index is -0.187. The van der Waals surface area contributed by atoms with Gasteiger partial charge in [0.15, 0.2) is 0 Å². The van der Waals surface area contributed by atoms with Crippen LogP contribution in [0.4, 0.5) is 0 Å². The Labute approximate surface area is 102 Å². The van der Waals surface area contributed by atoms with Crippen LogP contribution >= 0.6 is 0 Å². The number of hydrogen-bond donors (Lipinski definition) is 0. The summed E-state index contributed by atoms with van der Waals surface area (Å²) in [6.45, 7) is 8.88. The van der Waals surface area contributed by atoms with E-state index < -0.39 is 0 Å². The van der Waals surface area contributed by atoms with E-state index in [0.29, 0.717) is 5.41 Å². The molecule has 0 saturated heterocycles. The van der Waals surface area contributed by atoms with Crippen LogP contribution in [0, 0.1) is 18.3 Å². The zero-order valence-corrected chi connectivity index (χ0v) is 11.1. The third-order valence-electron chi connectivity index (χ3n) is 4.75. The van der Waals surface area contributed by atoms with Crippen molar-refractivity contribution in [2.24, 2.45) is 11.3 Å². The van der Waals surface area contributed by atoms with Crippen LogP contribution in [0.25, 0.3) is 0 Å². The number of rotatable bonds is 0. The van der Waals surface area contributed by atoms with E-state index in [9.17, 15) is 4.79 Å². The molecule has 0 radical (unpaired) electrons. The van der Waals surface area contributed by atoms with Gasteiger partial charge in [0.25, 0.3) is 0 Å². The standard InChI is InChI=1S/C15H20O2/c1-9-11-8-14(2,3)6-10-7-15(10,4)12(11)5-13(16)17-9/h5,10H,6-8H2,1-4H3/t10-,15+/m0/s1. The van der Waals surface area contributed by atoms with Crippen molar-refractivity contribution in [2.75, 3.05) is 0 Å². The van der Waals surface area contributed by atoms with Gasteiger partial charge in [0.05, 0.1) is 0 Å². The number of hydrogen-bond acceptors (Lipinski definition) is 2. The van der Waals surface area contributed by atoms with Crippen molar-refractivity contribution in [3.05, 3.63) is 33.4 Å². The minimum Gasteiger partial charge on any atom is -0.428 e. The van der Waals surface area contributed by atoms with Crippen molar-refractivity contribution < 1.29 is 4.42 Å². The monoisotopic (exact) mass is 232 g/mol. The van der Waals surface area contributed by atoms with Gasteiger partial charge in [-0.25, -0.2) is 4.79 Å². The largest absolute Gasteiger partial charge is 0.428 e. The summed E-state index contributed by atoms with van der Waals surface area (Å²) in [5, 5.41) is 0. The van der Waals surface area contributed by atoms with Crippen molar-refractivity contribution in [3.8, 4) is 0 Å². The lowest BCUT2D eigenvalue weighted by Crippen LogP contribution is -2.17. The van der Waals surface area contributed by atoms with E-state index in [1.807, 2.05) is 6.92 Å². The van der Waals surface area contributed by atoms with Crippen LogP contribution in [0.1, 0.15) is 50.5 Å². The van der Waals surface area contributed by atoms with Crippen molar-refractivity contribution in [3.63, 3.8) is 0 Å². The van der Waals surface area contributed by atoms with Gasteiger partial charge < -0.3 is 4.42 Å². The molecule has 1 aromatic rings. The fraction of sp³-hybridized carbons (Fsp3) is 0.667. The zero-order valence-electron chi connectivity index (χ0n) is 11.1. The highest BCUT2D eigenvalue weighted by Crippen LogP contribution is 2.61. The first-order chi connectivity index (χ1) is 7.82. The summed E-state index contributed by atoms with van der Waals surface area (Å²) in [6.07, 6.45) is 3.52. The van der Waals surface area contributed by atoms with Gasteiger partial charge in [0, 0.05) is 6.07 Å². The maximum Gasteiger partial charge on any atom is 0.336 e. The predicted octanol–water partition coefficient (Wildman–Crippen LogP) is 3.20. The summed E-state index contributed by atoms with van der Waals surface area (Å²) in [4.78, 5) is 11.6. The predicted molar refractivity (Wildman–Crippen MR) is 67.3 cm³/mol. The van der Waals surface area contributed by atoms with Crippen molar-refractivity contribution in [1.29, 1.82) is 0 Å². The van der Waals surface area contributed by atoms with Gasteiger partial charge in [0.2, 0.25) is 0 Å². The molecule has 0 amide bonds. The van der Waals surface area contributed by atoms with E-state index in [1.165, 1.54) is 24.0 Å². The third kappa shape index (κ3) is 1.57. The first-order valence-corrected chi connectivity index (χ1v) is 6.46. The highest BCUT2D eigenvalue weighted by Gasteiger charge is 2.55. The van der Waals surface area contributed by atoms with E-state index >= 15 is 0 Å². The average molecular weight is 232 g/mol. The summed E-state index contributed by atoms with van der Waals surface area (Å²) in [5.74, 6) is 1.58. The molecule has 3 rings (SSSR count). The molecule has 0 aromatic carbocycles. The molecule has 0 unspecified atom stereocenters. The molecule has 0 bridgehead atoms. The van der Waals surface area contributed by atoms with Gasteiger partial charge in [0.1, 0.15) is 5.76 Å². The Hall–Kier alpha value is -1.05. The van der Waals surface area contributed by atoms with Crippen LogP contribution < -0.4 is 5.63 Å². The second-order valence-corrected chi connectivity index (χ2v) is 6.88. The lowest BCUT2D eigenvalue weighted by molar-refractivity contribution is 0.309. The van der Waals surface area contributed by atoms with Crippen molar-refractivity contribution in [1.82, 2.24) is 0 Å². The smallest absolute Gasteiger partial charge is 0.336 e. The van der Waals surface area contributed by atoms with Gasteiger partial charge in [-0.05, 0) is 54.1 Å².